The fourth-order valence-electron chi connectivity index (χ4n) is 3.97. The van der Waals surface area contributed by atoms with E-state index in [0.717, 1.165) is 23.1 Å². The van der Waals surface area contributed by atoms with Crippen molar-refractivity contribution >= 4 is 11.6 Å². The van der Waals surface area contributed by atoms with E-state index in [2.05, 4.69) is 10.4 Å². The first-order valence-corrected chi connectivity index (χ1v) is 9.54. The largest absolute Gasteiger partial charge is 0.410 e. The molecule has 2 aliphatic heterocycles. The molecule has 0 bridgehead atoms. The number of ether oxygens (including phenoxy) is 1. The van der Waals surface area contributed by atoms with E-state index >= 15 is 0 Å². The summed E-state index contributed by atoms with van der Waals surface area (Å²) in [4.78, 5) is 12.7. The quantitative estimate of drug-likeness (QED) is 0.749. The highest BCUT2D eigenvalue weighted by molar-refractivity contribution is 6.00. The maximum Gasteiger partial charge on any atom is 0.410 e. The SMILES string of the molecule is O=C(CCC1CCCO1)c1cnn2c1NC(c1ccccc1)CC2C(F)(F)F. The monoisotopic (exact) mass is 393 g/mol. The van der Waals surface area contributed by atoms with Crippen LogP contribution in [0.4, 0.5) is 19.0 Å². The highest BCUT2D eigenvalue weighted by atomic mass is 19.4. The molecule has 1 saturated heterocycles. The number of anilines is 1. The van der Waals surface area contributed by atoms with Gasteiger partial charge < -0.3 is 10.1 Å². The number of alkyl halides is 3. The summed E-state index contributed by atoms with van der Waals surface area (Å²) in [7, 11) is 0. The van der Waals surface area contributed by atoms with Crippen molar-refractivity contribution < 1.29 is 22.7 Å². The molecule has 0 aliphatic carbocycles. The minimum atomic E-state index is -4.45. The summed E-state index contributed by atoms with van der Waals surface area (Å²) in [5.74, 6) is -0.0568. The number of hydrogen-bond donors (Lipinski definition) is 1. The van der Waals surface area contributed by atoms with Crippen LogP contribution in [0.5, 0.6) is 0 Å². The smallest absolute Gasteiger partial charge is 0.378 e. The van der Waals surface area contributed by atoms with Gasteiger partial charge in [-0.15, -0.1) is 0 Å². The third-order valence-corrected chi connectivity index (χ3v) is 5.46. The molecule has 0 radical (unpaired) electrons. The van der Waals surface area contributed by atoms with Crippen molar-refractivity contribution in [1.82, 2.24) is 9.78 Å². The second-order valence-corrected chi connectivity index (χ2v) is 7.35. The summed E-state index contributed by atoms with van der Waals surface area (Å²) < 4.78 is 47.5. The van der Waals surface area contributed by atoms with Crippen LogP contribution >= 0.6 is 0 Å². The molecule has 150 valence electrons. The number of aromatic nitrogens is 2. The Morgan fingerprint density at radius 1 is 1.29 bits per heavy atom. The summed E-state index contributed by atoms with van der Waals surface area (Å²) in [5.41, 5.74) is 0.967. The summed E-state index contributed by atoms with van der Waals surface area (Å²) in [6.07, 6.45) is -0.597. The molecular weight excluding hydrogens is 371 g/mol. The topological polar surface area (TPSA) is 56.1 Å². The predicted octanol–water partition coefficient (Wildman–Crippen LogP) is 4.69. The number of hydrogen-bond acceptors (Lipinski definition) is 4. The molecule has 0 saturated carbocycles. The predicted molar refractivity (Wildman–Crippen MR) is 97.3 cm³/mol. The van der Waals surface area contributed by atoms with Crippen LogP contribution in [0, 0.1) is 0 Å². The van der Waals surface area contributed by atoms with Gasteiger partial charge in [0.1, 0.15) is 5.82 Å². The van der Waals surface area contributed by atoms with Gasteiger partial charge >= 0.3 is 6.18 Å². The molecule has 1 fully saturated rings. The highest BCUT2D eigenvalue weighted by Gasteiger charge is 2.47. The molecule has 3 heterocycles. The van der Waals surface area contributed by atoms with Gasteiger partial charge in [-0.1, -0.05) is 30.3 Å². The second-order valence-electron chi connectivity index (χ2n) is 7.35. The number of halogens is 3. The zero-order valence-corrected chi connectivity index (χ0v) is 15.3. The molecule has 2 aliphatic rings. The fourth-order valence-corrected chi connectivity index (χ4v) is 3.97. The van der Waals surface area contributed by atoms with Gasteiger partial charge in [-0.3, -0.25) is 4.79 Å². The first-order valence-electron chi connectivity index (χ1n) is 9.54. The number of ketones is 1. The number of fused-ring (bicyclic) bond motifs is 1. The van der Waals surface area contributed by atoms with Gasteiger partial charge in [0.05, 0.1) is 23.9 Å². The number of nitrogens with one attached hydrogen (secondary N) is 1. The molecule has 4 rings (SSSR count). The van der Waals surface area contributed by atoms with Crippen LogP contribution in [-0.4, -0.2) is 34.5 Å². The molecule has 1 aromatic heterocycles. The lowest BCUT2D eigenvalue weighted by Crippen LogP contribution is -2.36. The minimum Gasteiger partial charge on any atom is -0.378 e. The van der Waals surface area contributed by atoms with Crippen molar-refractivity contribution in [3.63, 3.8) is 0 Å². The van der Waals surface area contributed by atoms with Crippen LogP contribution in [0.15, 0.2) is 36.5 Å². The van der Waals surface area contributed by atoms with E-state index in [0.29, 0.717) is 13.0 Å². The minimum absolute atomic E-state index is 0.0586. The number of carbonyl (C=O) groups excluding carboxylic acids is 1. The van der Waals surface area contributed by atoms with Crippen molar-refractivity contribution in [2.45, 2.75) is 56.5 Å². The van der Waals surface area contributed by atoms with E-state index in [1.807, 2.05) is 6.07 Å². The van der Waals surface area contributed by atoms with Crippen LogP contribution in [0.25, 0.3) is 0 Å². The van der Waals surface area contributed by atoms with Crippen LogP contribution in [0.1, 0.15) is 60.1 Å². The number of rotatable bonds is 5. The summed E-state index contributed by atoms with van der Waals surface area (Å²) >= 11 is 0. The maximum absolute atomic E-state index is 13.7. The van der Waals surface area contributed by atoms with E-state index in [1.165, 1.54) is 6.20 Å². The lowest BCUT2D eigenvalue weighted by Gasteiger charge is -2.34. The Kier molecular flexibility index (Phi) is 5.14. The molecular formula is C20H22F3N3O2. The van der Waals surface area contributed by atoms with E-state index in [9.17, 15) is 18.0 Å². The van der Waals surface area contributed by atoms with Crippen LogP contribution in [0.2, 0.25) is 0 Å². The van der Waals surface area contributed by atoms with Crippen molar-refractivity contribution in [3.8, 4) is 0 Å². The van der Waals surface area contributed by atoms with E-state index < -0.39 is 18.3 Å². The van der Waals surface area contributed by atoms with Gasteiger partial charge in [-0.05, 0) is 24.8 Å². The Balaban J connectivity index is 1.60. The van der Waals surface area contributed by atoms with Gasteiger partial charge in [-0.25, -0.2) is 4.68 Å². The number of carbonyl (C=O) groups is 1. The fraction of sp³-hybridized carbons (Fsp3) is 0.500. The molecule has 3 unspecified atom stereocenters. The van der Waals surface area contributed by atoms with E-state index in [-0.39, 0.29) is 36.1 Å². The zero-order valence-electron chi connectivity index (χ0n) is 15.3. The average molecular weight is 393 g/mol. The molecule has 8 heteroatoms. The van der Waals surface area contributed by atoms with Gasteiger partial charge in [0.2, 0.25) is 0 Å². The lowest BCUT2D eigenvalue weighted by molar-refractivity contribution is -0.173. The molecule has 5 nitrogen and oxygen atoms in total. The second kappa shape index (κ2) is 7.58. The average Bonchev–Trinajstić information content (AvgIpc) is 3.35. The van der Waals surface area contributed by atoms with Crippen LogP contribution in [0.3, 0.4) is 0 Å². The maximum atomic E-state index is 13.7. The summed E-state index contributed by atoms with van der Waals surface area (Å²) in [5, 5.41) is 7.04. The van der Waals surface area contributed by atoms with Gasteiger partial charge in [0.25, 0.3) is 0 Å². The molecule has 1 N–H and O–H groups in total. The first kappa shape index (κ1) is 19.0. The number of nitrogens with zero attached hydrogens (tertiary/aromatic N) is 2. The molecule has 0 spiro atoms. The summed E-state index contributed by atoms with van der Waals surface area (Å²) in [6, 6.07) is 6.66. The highest BCUT2D eigenvalue weighted by Crippen LogP contribution is 2.44. The van der Waals surface area contributed by atoms with Crippen molar-refractivity contribution in [2.75, 3.05) is 11.9 Å². The standard InChI is InChI=1S/C20H22F3N3O2/c21-20(22,23)18-11-16(13-5-2-1-3-6-13)25-19-15(12-24-26(18)19)17(27)9-8-14-7-4-10-28-14/h1-3,5-6,12,14,16,18,25H,4,7-11H2. The van der Waals surface area contributed by atoms with Crippen molar-refractivity contribution in [3.05, 3.63) is 47.7 Å². The van der Waals surface area contributed by atoms with E-state index in [1.54, 1.807) is 24.3 Å². The third-order valence-electron chi connectivity index (χ3n) is 5.46. The van der Waals surface area contributed by atoms with Gasteiger partial charge in [0.15, 0.2) is 11.8 Å². The molecule has 1 aromatic carbocycles. The first-order chi connectivity index (χ1) is 13.4. The zero-order chi connectivity index (χ0) is 19.7. The third kappa shape index (κ3) is 3.78. The molecule has 0 amide bonds. The molecule has 28 heavy (non-hydrogen) atoms. The lowest BCUT2D eigenvalue weighted by atomic mass is 9.96. The van der Waals surface area contributed by atoms with Crippen LogP contribution < -0.4 is 5.32 Å². The normalized spacial score (nSPS) is 24.6. The summed E-state index contributed by atoms with van der Waals surface area (Å²) in [6.45, 7) is 0.704. The Morgan fingerprint density at radius 2 is 2.07 bits per heavy atom. The Bertz CT molecular complexity index is 829. The number of benzene rings is 1. The Hall–Kier alpha value is -2.35. The number of Topliss-reactive ketones (excluding diaryl/α,β-unsaturated/α-hetero) is 1. The van der Waals surface area contributed by atoms with E-state index in [4.69, 9.17) is 4.74 Å². The van der Waals surface area contributed by atoms with Crippen molar-refractivity contribution in [2.24, 2.45) is 0 Å². The van der Waals surface area contributed by atoms with Crippen molar-refractivity contribution in [1.29, 1.82) is 0 Å². The molecule has 2 aromatic rings. The molecule has 3 atom stereocenters. The van der Waals surface area contributed by atoms with Gasteiger partial charge in [0, 0.05) is 19.4 Å². The Labute approximate surface area is 160 Å². The van der Waals surface area contributed by atoms with Gasteiger partial charge in [-0.2, -0.15) is 18.3 Å². The van der Waals surface area contributed by atoms with Crippen LogP contribution in [-0.2, 0) is 4.74 Å². The Morgan fingerprint density at radius 3 is 2.75 bits per heavy atom.